The van der Waals surface area contributed by atoms with Gasteiger partial charge in [0.25, 0.3) is 5.91 Å². The third kappa shape index (κ3) is 5.13. The van der Waals surface area contributed by atoms with Crippen molar-refractivity contribution < 1.29 is 19.4 Å². The van der Waals surface area contributed by atoms with Crippen molar-refractivity contribution in [3.8, 4) is 5.75 Å². The highest BCUT2D eigenvalue weighted by Gasteiger charge is 2.17. The third-order valence-corrected chi connectivity index (χ3v) is 3.49. The predicted octanol–water partition coefficient (Wildman–Crippen LogP) is 2.01. The Bertz CT molecular complexity index is 461. The molecule has 1 amide bonds. The molecule has 20 heavy (non-hydrogen) atoms. The number of carbonyl (C=O) groups is 2. The van der Waals surface area contributed by atoms with Crippen molar-refractivity contribution in [3.63, 3.8) is 0 Å². The topological polar surface area (TPSA) is 75.6 Å². The van der Waals surface area contributed by atoms with Crippen LogP contribution in [0.1, 0.15) is 13.8 Å². The molecular weight excluding hydrogens is 278 g/mol. The van der Waals surface area contributed by atoms with Crippen LogP contribution >= 0.6 is 11.8 Å². The number of carboxylic acids is 1. The summed E-state index contributed by atoms with van der Waals surface area (Å²) in [4.78, 5) is 23.5. The number of rotatable bonds is 7. The minimum Gasteiger partial charge on any atom is -0.481 e. The molecule has 1 rings (SSSR count). The summed E-state index contributed by atoms with van der Waals surface area (Å²) in [5, 5.41) is 11.3. The maximum Gasteiger partial charge on any atom is 0.308 e. The molecule has 0 bridgehead atoms. The maximum atomic E-state index is 11.8. The van der Waals surface area contributed by atoms with E-state index in [-0.39, 0.29) is 12.5 Å². The lowest BCUT2D eigenvalue weighted by Gasteiger charge is -2.15. The van der Waals surface area contributed by atoms with Crippen LogP contribution in [0.4, 0.5) is 0 Å². The molecule has 0 heterocycles. The molecule has 0 radical (unpaired) electrons. The van der Waals surface area contributed by atoms with E-state index >= 15 is 0 Å². The van der Waals surface area contributed by atoms with E-state index in [0.29, 0.717) is 5.75 Å². The highest BCUT2D eigenvalue weighted by molar-refractivity contribution is 7.98. The molecule has 0 spiro atoms. The third-order valence-electron chi connectivity index (χ3n) is 2.75. The molecule has 0 fully saturated rings. The van der Waals surface area contributed by atoms with Crippen molar-refractivity contribution in [3.05, 3.63) is 24.3 Å². The van der Waals surface area contributed by atoms with Crippen LogP contribution in [0.15, 0.2) is 29.2 Å². The van der Waals surface area contributed by atoms with Gasteiger partial charge >= 0.3 is 5.97 Å². The van der Waals surface area contributed by atoms with Crippen molar-refractivity contribution >= 4 is 23.6 Å². The largest absolute Gasteiger partial charge is 0.481 e. The zero-order valence-electron chi connectivity index (χ0n) is 11.8. The van der Waals surface area contributed by atoms with E-state index in [9.17, 15) is 9.59 Å². The molecule has 0 saturated carbocycles. The SMILES string of the molecule is CSc1ccc(OC(C)C(=O)NCC(C)C(=O)O)cc1. The van der Waals surface area contributed by atoms with E-state index in [1.807, 2.05) is 18.4 Å². The summed E-state index contributed by atoms with van der Waals surface area (Å²) in [6.07, 6.45) is 1.31. The fourth-order valence-corrected chi connectivity index (χ4v) is 1.80. The van der Waals surface area contributed by atoms with Crippen molar-refractivity contribution in [1.82, 2.24) is 5.32 Å². The highest BCUT2D eigenvalue weighted by Crippen LogP contribution is 2.19. The van der Waals surface area contributed by atoms with Crippen LogP contribution in [0.25, 0.3) is 0 Å². The van der Waals surface area contributed by atoms with Crippen molar-refractivity contribution in [2.75, 3.05) is 12.8 Å². The van der Waals surface area contributed by atoms with Crippen molar-refractivity contribution in [1.29, 1.82) is 0 Å². The number of aliphatic carboxylic acids is 1. The van der Waals surface area contributed by atoms with Crippen molar-refractivity contribution in [2.24, 2.45) is 5.92 Å². The molecule has 0 aliphatic heterocycles. The minimum atomic E-state index is -0.938. The van der Waals surface area contributed by atoms with Crippen LogP contribution in [-0.2, 0) is 9.59 Å². The number of benzene rings is 1. The summed E-state index contributed by atoms with van der Waals surface area (Å²) >= 11 is 1.63. The molecule has 6 heteroatoms. The first kappa shape index (κ1) is 16.4. The Labute approximate surface area is 122 Å². The van der Waals surface area contributed by atoms with Gasteiger partial charge in [0.15, 0.2) is 6.10 Å². The van der Waals surface area contributed by atoms with Crippen LogP contribution in [-0.4, -0.2) is 35.9 Å². The number of nitrogens with one attached hydrogen (secondary N) is 1. The maximum absolute atomic E-state index is 11.8. The molecular formula is C14H19NO4S. The normalized spacial score (nSPS) is 13.3. The van der Waals surface area contributed by atoms with Crippen LogP contribution in [0, 0.1) is 5.92 Å². The van der Waals surface area contributed by atoms with E-state index < -0.39 is 18.0 Å². The average Bonchev–Trinajstić information content (AvgIpc) is 2.44. The van der Waals surface area contributed by atoms with Crippen LogP contribution in [0.3, 0.4) is 0 Å². The standard InChI is InChI=1S/C14H19NO4S/c1-9(14(17)18)8-15-13(16)10(2)19-11-4-6-12(20-3)7-5-11/h4-7,9-10H,8H2,1-3H3,(H,15,16)(H,17,18). The molecule has 2 N–H and O–H groups in total. The second-order valence-corrected chi connectivity index (χ2v) is 5.30. The number of hydrogen-bond acceptors (Lipinski definition) is 4. The Morgan fingerprint density at radius 2 is 1.90 bits per heavy atom. The summed E-state index contributed by atoms with van der Waals surface area (Å²) in [5.41, 5.74) is 0. The Kier molecular flexibility index (Phi) is 6.38. The van der Waals surface area contributed by atoms with Gasteiger partial charge in [0.2, 0.25) is 0 Å². The average molecular weight is 297 g/mol. The summed E-state index contributed by atoms with van der Waals surface area (Å²) < 4.78 is 5.50. The predicted molar refractivity (Wildman–Crippen MR) is 78.1 cm³/mol. The molecule has 1 aromatic carbocycles. The van der Waals surface area contributed by atoms with E-state index in [1.54, 1.807) is 30.8 Å². The lowest BCUT2D eigenvalue weighted by Crippen LogP contribution is -2.39. The molecule has 0 aromatic heterocycles. The fourth-order valence-electron chi connectivity index (χ4n) is 1.40. The van der Waals surface area contributed by atoms with Crippen LogP contribution in [0.2, 0.25) is 0 Å². The van der Waals surface area contributed by atoms with Gasteiger partial charge in [-0.3, -0.25) is 9.59 Å². The van der Waals surface area contributed by atoms with Gasteiger partial charge in [-0.05, 0) is 37.4 Å². The molecule has 110 valence electrons. The number of amides is 1. The van der Waals surface area contributed by atoms with Gasteiger partial charge in [-0.2, -0.15) is 0 Å². The van der Waals surface area contributed by atoms with Crippen LogP contribution in [0.5, 0.6) is 5.75 Å². The van der Waals surface area contributed by atoms with Crippen LogP contribution < -0.4 is 10.1 Å². The van der Waals surface area contributed by atoms with Gasteiger partial charge in [0, 0.05) is 11.4 Å². The summed E-state index contributed by atoms with van der Waals surface area (Å²) in [6, 6.07) is 7.43. The quantitative estimate of drug-likeness (QED) is 0.753. The van der Waals surface area contributed by atoms with Gasteiger partial charge in [-0.1, -0.05) is 6.92 Å². The summed E-state index contributed by atoms with van der Waals surface area (Å²) in [5.74, 6) is -1.28. The summed E-state index contributed by atoms with van der Waals surface area (Å²) in [7, 11) is 0. The Morgan fingerprint density at radius 3 is 2.40 bits per heavy atom. The molecule has 1 aromatic rings. The number of carbonyl (C=O) groups excluding carboxylic acids is 1. The first-order valence-corrected chi connectivity index (χ1v) is 7.47. The number of thioether (sulfide) groups is 1. The van der Waals surface area contributed by atoms with Gasteiger partial charge < -0.3 is 15.2 Å². The van der Waals surface area contributed by atoms with Gasteiger partial charge in [0.1, 0.15) is 5.75 Å². The number of carboxylic acid groups (broad SMARTS) is 1. The molecule has 0 aliphatic rings. The van der Waals surface area contributed by atoms with Gasteiger partial charge in [-0.15, -0.1) is 11.8 Å². The first-order valence-electron chi connectivity index (χ1n) is 6.25. The Morgan fingerprint density at radius 1 is 1.30 bits per heavy atom. The molecule has 2 atom stereocenters. The molecule has 0 aliphatic carbocycles. The van der Waals surface area contributed by atoms with E-state index in [4.69, 9.17) is 9.84 Å². The zero-order chi connectivity index (χ0) is 15.1. The number of hydrogen-bond donors (Lipinski definition) is 2. The van der Waals surface area contributed by atoms with E-state index in [2.05, 4.69) is 5.32 Å². The Balaban J connectivity index is 2.46. The fraction of sp³-hybridized carbons (Fsp3) is 0.429. The lowest BCUT2D eigenvalue weighted by molar-refractivity contribution is -0.141. The zero-order valence-corrected chi connectivity index (χ0v) is 12.6. The van der Waals surface area contributed by atoms with E-state index in [1.165, 1.54) is 6.92 Å². The second-order valence-electron chi connectivity index (χ2n) is 4.42. The lowest BCUT2D eigenvalue weighted by atomic mass is 10.2. The smallest absolute Gasteiger partial charge is 0.308 e. The number of ether oxygens (including phenoxy) is 1. The van der Waals surface area contributed by atoms with E-state index in [0.717, 1.165) is 4.90 Å². The molecule has 0 saturated heterocycles. The highest BCUT2D eigenvalue weighted by atomic mass is 32.2. The second kappa shape index (κ2) is 7.79. The molecule has 2 unspecified atom stereocenters. The Hall–Kier alpha value is -1.69. The van der Waals surface area contributed by atoms with Crippen molar-refractivity contribution in [2.45, 2.75) is 24.8 Å². The molecule has 5 nitrogen and oxygen atoms in total. The first-order chi connectivity index (χ1) is 9.43. The van der Waals surface area contributed by atoms with Gasteiger partial charge in [0.05, 0.1) is 5.92 Å². The van der Waals surface area contributed by atoms with Gasteiger partial charge in [-0.25, -0.2) is 0 Å². The minimum absolute atomic E-state index is 0.0906. The summed E-state index contributed by atoms with van der Waals surface area (Å²) in [6.45, 7) is 3.26. The monoisotopic (exact) mass is 297 g/mol.